The first-order valence-electron chi connectivity index (χ1n) is 12.0. The molecule has 1 atom stereocenters. The third-order valence-electron chi connectivity index (χ3n) is 6.96. The average Bonchev–Trinajstić information content (AvgIpc) is 2.82. The number of nitrogens with one attached hydrogen (secondary N) is 1. The minimum absolute atomic E-state index is 0.00526. The van der Waals surface area contributed by atoms with Gasteiger partial charge in [-0.1, -0.05) is 48.9 Å². The van der Waals surface area contributed by atoms with Crippen molar-refractivity contribution in [3.8, 4) is 0 Å². The molecule has 0 bridgehead atoms. The van der Waals surface area contributed by atoms with Crippen molar-refractivity contribution >= 4 is 27.5 Å². The van der Waals surface area contributed by atoms with Crippen LogP contribution in [0.5, 0.6) is 0 Å². The number of halogens is 1. The van der Waals surface area contributed by atoms with E-state index in [1.165, 1.54) is 33.8 Å². The molecule has 33 heavy (non-hydrogen) atoms. The van der Waals surface area contributed by atoms with E-state index in [9.17, 15) is 13.2 Å². The monoisotopic (exact) mass is 488 g/mol. The molecule has 2 aromatic rings. The summed E-state index contributed by atoms with van der Waals surface area (Å²) in [7, 11) is -3.44. The van der Waals surface area contributed by atoms with Crippen molar-refractivity contribution in [2.45, 2.75) is 63.7 Å². The molecule has 0 spiro atoms. The van der Waals surface area contributed by atoms with Gasteiger partial charge in [0.05, 0.1) is 11.8 Å². The van der Waals surface area contributed by atoms with Crippen LogP contribution < -0.4 is 5.32 Å². The molecule has 1 amide bonds. The second kappa shape index (κ2) is 10.6. The first-order valence-corrected chi connectivity index (χ1v) is 14.0. The van der Waals surface area contributed by atoms with Gasteiger partial charge in [-0.2, -0.15) is 0 Å². The van der Waals surface area contributed by atoms with Gasteiger partial charge in [0.25, 0.3) is 0 Å². The molecule has 178 valence electrons. The van der Waals surface area contributed by atoms with Crippen molar-refractivity contribution in [2.24, 2.45) is 5.92 Å². The second-order valence-electron chi connectivity index (χ2n) is 9.26. The Kier molecular flexibility index (Phi) is 7.77. The minimum Gasteiger partial charge on any atom is -0.349 e. The summed E-state index contributed by atoms with van der Waals surface area (Å²) in [6.07, 6.45) is 6.68. The van der Waals surface area contributed by atoms with Crippen molar-refractivity contribution in [2.75, 3.05) is 13.1 Å². The van der Waals surface area contributed by atoms with Crippen LogP contribution in [0.15, 0.2) is 42.5 Å². The predicted molar refractivity (Wildman–Crippen MR) is 133 cm³/mol. The normalized spacial score (nSPS) is 18.5. The zero-order chi connectivity index (χ0) is 23.4. The van der Waals surface area contributed by atoms with Gasteiger partial charge in [0, 0.05) is 24.0 Å². The fraction of sp³-hybridized carbons (Fsp3) is 0.500. The molecular formula is C26H33ClN2O3S. The molecule has 2 aromatic carbocycles. The van der Waals surface area contributed by atoms with Gasteiger partial charge in [-0.3, -0.25) is 4.79 Å². The zero-order valence-electron chi connectivity index (χ0n) is 19.2. The van der Waals surface area contributed by atoms with Gasteiger partial charge in [0.2, 0.25) is 15.9 Å². The van der Waals surface area contributed by atoms with Gasteiger partial charge in [0.15, 0.2) is 0 Å². The van der Waals surface area contributed by atoms with Crippen molar-refractivity contribution in [3.63, 3.8) is 0 Å². The van der Waals surface area contributed by atoms with E-state index >= 15 is 0 Å². The maximum Gasteiger partial charge on any atom is 0.223 e. The number of benzene rings is 2. The highest BCUT2D eigenvalue weighted by Crippen LogP contribution is 2.28. The first kappa shape index (κ1) is 24.2. The van der Waals surface area contributed by atoms with Crippen LogP contribution in [0.1, 0.15) is 67.3 Å². The molecule has 5 nitrogen and oxygen atoms in total. The largest absolute Gasteiger partial charge is 0.349 e. The predicted octanol–water partition coefficient (Wildman–Crippen LogP) is 5.03. The van der Waals surface area contributed by atoms with Crippen molar-refractivity contribution in [1.82, 2.24) is 9.62 Å². The van der Waals surface area contributed by atoms with Gasteiger partial charge >= 0.3 is 0 Å². The summed E-state index contributed by atoms with van der Waals surface area (Å²) in [6, 6.07) is 13.6. The van der Waals surface area contributed by atoms with Crippen LogP contribution in [0.4, 0.5) is 0 Å². The number of fused-ring (bicyclic) bond motifs is 1. The lowest BCUT2D eigenvalue weighted by Crippen LogP contribution is -2.44. The molecule has 0 aromatic heterocycles. The zero-order valence-corrected chi connectivity index (χ0v) is 20.8. The Balaban J connectivity index is 1.34. The molecule has 1 aliphatic carbocycles. The Labute approximate surface area is 202 Å². The van der Waals surface area contributed by atoms with Crippen molar-refractivity contribution < 1.29 is 13.2 Å². The third kappa shape index (κ3) is 5.97. The summed E-state index contributed by atoms with van der Waals surface area (Å²) in [5.41, 5.74) is 4.72. The minimum atomic E-state index is -3.44. The fourth-order valence-corrected chi connectivity index (χ4v) is 6.77. The number of hydrogen-bond acceptors (Lipinski definition) is 3. The maximum absolute atomic E-state index is 13.0. The van der Waals surface area contributed by atoms with Gasteiger partial charge in [-0.25, -0.2) is 12.7 Å². The molecule has 1 N–H and O–H groups in total. The molecule has 1 saturated heterocycles. The number of sulfonamides is 1. The van der Waals surface area contributed by atoms with E-state index < -0.39 is 10.0 Å². The van der Waals surface area contributed by atoms with E-state index in [0.717, 1.165) is 19.3 Å². The van der Waals surface area contributed by atoms with Crippen LogP contribution in [0, 0.1) is 5.92 Å². The fourth-order valence-electron chi connectivity index (χ4n) is 5.01. The van der Waals surface area contributed by atoms with Crippen LogP contribution in [-0.4, -0.2) is 31.7 Å². The lowest BCUT2D eigenvalue weighted by Gasteiger charge is -2.31. The SMILES string of the molecule is CCC(NC(=O)C1CCN(S(=O)(=O)Cc2cccc(Cl)c2)CC1)c1ccc2c(c1)CCCC2. The van der Waals surface area contributed by atoms with Crippen LogP contribution in [0.3, 0.4) is 0 Å². The smallest absolute Gasteiger partial charge is 0.223 e. The third-order valence-corrected chi connectivity index (χ3v) is 9.04. The molecule has 7 heteroatoms. The number of aryl methyl sites for hydroxylation is 2. The molecule has 1 unspecified atom stereocenters. The van der Waals surface area contributed by atoms with E-state index in [4.69, 9.17) is 11.6 Å². The maximum atomic E-state index is 13.0. The lowest BCUT2D eigenvalue weighted by atomic mass is 9.88. The van der Waals surface area contributed by atoms with E-state index in [2.05, 4.69) is 30.4 Å². The highest BCUT2D eigenvalue weighted by molar-refractivity contribution is 7.88. The summed E-state index contributed by atoms with van der Waals surface area (Å²) in [5.74, 6) is -0.193. The Morgan fingerprint density at radius 3 is 2.52 bits per heavy atom. The summed E-state index contributed by atoms with van der Waals surface area (Å²) in [4.78, 5) is 13.0. The Bertz CT molecular complexity index is 1090. The average molecular weight is 489 g/mol. The first-order chi connectivity index (χ1) is 15.9. The van der Waals surface area contributed by atoms with E-state index in [1.54, 1.807) is 24.3 Å². The van der Waals surface area contributed by atoms with Gasteiger partial charge in [-0.15, -0.1) is 0 Å². The molecule has 1 aliphatic heterocycles. The van der Waals surface area contributed by atoms with Crippen LogP contribution >= 0.6 is 11.6 Å². The summed E-state index contributed by atoms with van der Waals surface area (Å²) in [6.45, 7) is 2.84. The highest BCUT2D eigenvalue weighted by atomic mass is 35.5. The molecule has 0 radical (unpaired) electrons. The number of hydrogen-bond donors (Lipinski definition) is 1. The number of carbonyl (C=O) groups excluding carboxylic acids is 1. The molecule has 4 rings (SSSR count). The number of carbonyl (C=O) groups is 1. The quantitative estimate of drug-likeness (QED) is 0.594. The van der Waals surface area contributed by atoms with Crippen LogP contribution in [-0.2, 0) is 33.4 Å². The van der Waals surface area contributed by atoms with Crippen LogP contribution in [0.2, 0.25) is 5.02 Å². The lowest BCUT2D eigenvalue weighted by molar-refractivity contribution is -0.126. The topological polar surface area (TPSA) is 66.5 Å². The summed E-state index contributed by atoms with van der Waals surface area (Å²) < 4.78 is 27.2. The van der Waals surface area contributed by atoms with Gasteiger partial charge in [-0.05, 0) is 79.3 Å². The molecule has 0 saturated carbocycles. The van der Waals surface area contributed by atoms with Gasteiger partial charge in [0.1, 0.15) is 0 Å². The van der Waals surface area contributed by atoms with Crippen LogP contribution in [0.25, 0.3) is 0 Å². The Morgan fingerprint density at radius 2 is 1.82 bits per heavy atom. The Hall–Kier alpha value is -1.89. The molecular weight excluding hydrogens is 456 g/mol. The highest BCUT2D eigenvalue weighted by Gasteiger charge is 2.32. The number of nitrogens with zero attached hydrogens (tertiary/aromatic N) is 1. The molecule has 1 heterocycles. The van der Waals surface area contributed by atoms with E-state index in [0.29, 0.717) is 36.5 Å². The standard InChI is InChI=1S/C26H33ClN2O3S/c1-2-25(23-11-10-20-7-3-4-8-22(20)17-23)28-26(30)21-12-14-29(15-13-21)33(31,32)18-19-6-5-9-24(27)16-19/h5-6,9-11,16-17,21,25H,2-4,7-8,12-15,18H2,1H3,(H,28,30). The van der Waals surface area contributed by atoms with Crippen molar-refractivity contribution in [1.29, 1.82) is 0 Å². The molecule has 2 aliphatic rings. The van der Waals surface area contributed by atoms with E-state index in [1.807, 2.05) is 0 Å². The van der Waals surface area contributed by atoms with Crippen molar-refractivity contribution in [3.05, 3.63) is 69.7 Å². The summed E-state index contributed by atoms with van der Waals surface area (Å²) >= 11 is 5.99. The van der Waals surface area contributed by atoms with E-state index in [-0.39, 0.29) is 23.6 Å². The number of rotatable bonds is 7. The second-order valence-corrected chi connectivity index (χ2v) is 11.7. The molecule has 1 fully saturated rings. The van der Waals surface area contributed by atoms with Gasteiger partial charge < -0.3 is 5.32 Å². The summed E-state index contributed by atoms with van der Waals surface area (Å²) in [5, 5.41) is 3.77. The number of amides is 1. The Morgan fingerprint density at radius 1 is 1.09 bits per heavy atom. The number of piperidine rings is 1.